The van der Waals surface area contributed by atoms with Crippen LogP contribution in [0.3, 0.4) is 0 Å². The van der Waals surface area contributed by atoms with E-state index in [9.17, 15) is 10.4 Å². The molecule has 0 heterocycles. The molecule has 0 spiro atoms. The van der Waals surface area contributed by atoms with E-state index in [0.717, 1.165) is 34.2 Å². The SMILES string of the molecule is CCc1cc(C#N)c(-c2ccccc2)c(-c2ccc(O)cc2)c1. The van der Waals surface area contributed by atoms with Crippen LogP contribution in [0.4, 0.5) is 0 Å². The summed E-state index contributed by atoms with van der Waals surface area (Å²) in [5, 5.41) is 19.2. The summed E-state index contributed by atoms with van der Waals surface area (Å²) in [6.07, 6.45) is 0.870. The molecular weight excluding hydrogens is 282 g/mol. The van der Waals surface area contributed by atoms with Crippen LogP contribution >= 0.6 is 0 Å². The Balaban J connectivity index is 2.32. The van der Waals surface area contributed by atoms with E-state index >= 15 is 0 Å². The molecule has 112 valence electrons. The van der Waals surface area contributed by atoms with Crippen molar-refractivity contribution in [1.82, 2.24) is 0 Å². The number of nitriles is 1. The van der Waals surface area contributed by atoms with E-state index in [0.29, 0.717) is 5.56 Å². The zero-order chi connectivity index (χ0) is 16.2. The molecule has 0 aromatic heterocycles. The van der Waals surface area contributed by atoms with Crippen LogP contribution in [0.2, 0.25) is 0 Å². The number of benzene rings is 3. The first-order valence-electron chi connectivity index (χ1n) is 7.64. The molecule has 0 saturated carbocycles. The van der Waals surface area contributed by atoms with Crippen LogP contribution in [-0.4, -0.2) is 5.11 Å². The van der Waals surface area contributed by atoms with Crippen LogP contribution in [0.1, 0.15) is 18.1 Å². The first-order chi connectivity index (χ1) is 11.2. The van der Waals surface area contributed by atoms with E-state index in [-0.39, 0.29) is 5.75 Å². The molecule has 23 heavy (non-hydrogen) atoms. The van der Waals surface area contributed by atoms with Gasteiger partial charge in [0.1, 0.15) is 5.75 Å². The molecule has 0 aliphatic heterocycles. The lowest BCUT2D eigenvalue weighted by atomic mass is 9.88. The summed E-state index contributed by atoms with van der Waals surface area (Å²) in [6.45, 7) is 2.08. The second kappa shape index (κ2) is 6.37. The Morgan fingerprint density at radius 2 is 1.61 bits per heavy atom. The quantitative estimate of drug-likeness (QED) is 0.726. The molecule has 0 aliphatic rings. The van der Waals surface area contributed by atoms with Crippen molar-refractivity contribution in [2.75, 3.05) is 0 Å². The van der Waals surface area contributed by atoms with Crippen molar-refractivity contribution in [2.45, 2.75) is 13.3 Å². The molecular formula is C21H17NO. The molecule has 2 heteroatoms. The van der Waals surface area contributed by atoms with Crippen LogP contribution < -0.4 is 0 Å². The zero-order valence-corrected chi connectivity index (χ0v) is 13.0. The average molecular weight is 299 g/mol. The van der Waals surface area contributed by atoms with Gasteiger partial charge in [-0.3, -0.25) is 0 Å². The fourth-order valence-corrected chi connectivity index (χ4v) is 2.78. The molecule has 2 nitrogen and oxygen atoms in total. The predicted octanol–water partition coefficient (Wildman–Crippen LogP) is 5.16. The summed E-state index contributed by atoms with van der Waals surface area (Å²) in [7, 11) is 0. The number of phenols is 1. The smallest absolute Gasteiger partial charge is 0.115 e. The lowest BCUT2D eigenvalue weighted by Crippen LogP contribution is -1.93. The van der Waals surface area contributed by atoms with Crippen LogP contribution in [0.25, 0.3) is 22.3 Å². The van der Waals surface area contributed by atoms with Gasteiger partial charge in [-0.2, -0.15) is 5.26 Å². The molecule has 1 N–H and O–H groups in total. The number of rotatable bonds is 3. The first-order valence-corrected chi connectivity index (χ1v) is 7.64. The summed E-state index contributed by atoms with van der Waals surface area (Å²) >= 11 is 0. The molecule has 0 unspecified atom stereocenters. The van der Waals surface area contributed by atoms with Gasteiger partial charge in [-0.1, -0.05) is 55.5 Å². The second-order valence-electron chi connectivity index (χ2n) is 5.44. The Kier molecular flexibility index (Phi) is 4.12. The lowest BCUT2D eigenvalue weighted by molar-refractivity contribution is 0.475. The van der Waals surface area contributed by atoms with Crippen molar-refractivity contribution < 1.29 is 5.11 Å². The van der Waals surface area contributed by atoms with E-state index in [1.165, 1.54) is 0 Å². The number of nitrogens with zero attached hydrogens (tertiary/aromatic N) is 1. The highest BCUT2D eigenvalue weighted by Gasteiger charge is 2.14. The average Bonchev–Trinajstić information content (AvgIpc) is 2.62. The number of aryl methyl sites for hydroxylation is 1. The monoisotopic (exact) mass is 299 g/mol. The van der Waals surface area contributed by atoms with Crippen LogP contribution in [-0.2, 0) is 6.42 Å². The van der Waals surface area contributed by atoms with Crippen molar-refractivity contribution in [3.05, 3.63) is 77.9 Å². The van der Waals surface area contributed by atoms with Gasteiger partial charge < -0.3 is 5.11 Å². The Hall–Kier alpha value is -3.05. The van der Waals surface area contributed by atoms with Crippen molar-refractivity contribution >= 4 is 0 Å². The highest BCUT2D eigenvalue weighted by Crippen LogP contribution is 2.36. The third kappa shape index (κ3) is 2.95. The van der Waals surface area contributed by atoms with Gasteiger partial charge >= 0.3 is 0 Å². The van der Waals surface area contributed by atoms with Crippen molar-refractivity contribution in [2.24, 2.45) is 0 Å². The molecule has 0 saturated heterocycles. The van der Waals surface area contributed by atoms with E-state index in [4.69, 9.17) is 0 Å². The topological polar surface area (TPSA) is 44.0 Å². The minimum atomic E-state index is 0.238. The maximum absolute atomic E-state index is 9.63. The van der Waals surface area contributed by atoms with Crippen molar-refractivity contribution in [3.63, 3.8) is 0 Å². The third-order valence-electron chi connectivity index (χ3n) is 3.97. The minimum Gasteiger partial charge on any atom is -0.508 e. The Morgan fingerprint density at radius 3 is 2.22 bits per heavy atom. The van der Waals surface area contributed by atoms with Gasteiger partial charge in [-0.05, 0) is 46.9 Å². The summed E-state index contributed by atoms with van der Waals surface area (Å²) in [4.78, 5) is 0. The van der Waals surface area contributed by atoms with E-state index in [2.05, 4.69) is 19.1 Å². The number of hydrogen-bond donors (Lipinski definition) is 1. The Morgan fingerprint density at radius 1 is 0.913 bits per heavy atom. The Bertz CT molecular complexity index is 859. The highest BCUT2D eigenvalue weighted by molar-refractivity contribution is 5.88. The number of aromatic hydroxyl groups is 1. The van der Waals surface area contributed by atoms with Gasteiger partial charge in [0.25, 0.3) is 0 Å². The van der Waals surface area contributed by atoms with Crippen LogP contribution in [0.5, 0.6) is 5.75 Å². The molecule has 0 fully saturated rings. The van der Waals surface area contributed by atoms with Crippen LogP contribution in [0, 0.1) is 11.3 Å². The normalized spacial score (nSPS) is 10.3. The molecule has 3 aromatic rings. The van der Waals surface area contributed by atoms with Crippen LogP contribution in [0.15, 0.2) is 66.7 Å². The van der Waals surface area contributed by atoms with Gasteiger partial charge in [-0.25, -0.2) is 0 Å². The standard InChI is InChI=1S/C21H17NO/c1-2-15-12-18(14-22)21(17-6-4-3-5-7-17)20(13-15)16-8-10-19(23)11-9-16/h3-13,23H,2H2,1H3. The fourth-order valence-electron chi connectivity index (χ4n) is 2.78. The molecule has 0 atom stereocenters. The van der Waals surface area contributed by atoms with E-state index < -0.39 is 0 Å². The number of phenolic OH excluding ortho intramolecular Hbond substituents is 1. The summed E-state index contributed by atoms with van der Waals surface area (Å²) < 4.78 is 0. The van der Waals surface area contributed by atoms with E-state index in [1.807, 2.05) is 48.5 Å². The van der Waals surface area contributed by atoms with Crippen molar-refractivity contribution in [3.8, 4) is 34.1 Å². The lowest BCUT2D eigenvalue weighted by Gasteiger charge is -2.14. The van der Waals surface area contributed by atoms with Gasteiger partial charge in [-0.15, -0.1) is 0 Å². The summed E-state index contributed by atoms with van der Waals surface area (Å²) in [6, 6.07) is 23.5. The maximum Gasteiger partial charge on any atom is 0.115 e. The first kappa shape index (κ1) is 14.9. The molecule has 0 bridgehead atoms. The van der Waals surface area contributed by atoms with Gasteiger partial charge in [0, 0.05) is 5.56 Å². The largest absolute Gasteiger partial charge is 0.508 e. The Labute approximate surface area is 136 Å². The summed E-state index contributed by atoms with van der Waals surface area (Å²) in [5.74, 6) is 0.238. The van der Waals surface area contributed by atoms with Gasteiger partial charge in [0.15, 0.2) is 0 Å². The zero-order valence-electron chi connectivity index (χ0n) is 13.0. The second-order valence-corrected chi connectivity index (χ2v) is 5.44. The van der Waals surface area contributed by atoms with Gasteiger partial charge in [0.2, 0.25) is 0 Å². The molecule has 3 aromatic carbocycles. The highest BCUT2D eigenvalue weighted by atomic mass is 16.3. The third-order valence-corrected chi connectivity index (χ3v) is 3.97. The van der Waals surface area contributed by atoms with Gasteiger partial charge in [0.05, 0.1) is 11.6 Å². The predicted molar refractivity (Wildman–Crippen MR) is 93.1 cm³/mol. The van der Waals surface area contributed by atoms with E-state index in [1.54, 1.807) is 12.1 Å². The number of hydrogen-bond acceptors (Lipinski definition) is 2. The minimum absolute atomic E-state index is 0.238. The molecule has 0 radical (unpaired) electrons. The maximum atomic E-state index is 9.63. The molecule has 0 amide bonds. The fraction of sp³-hybridized carbons (Fsp3) is 0.0952. The molecule has 3 rings (SSSR count). The summed E-state index contributed by atoms with van der Waals surface area (Å²) in [5.41, 5.74) is 5.79. The molecule has 0 aliphatic carbocycles. The van der Waals surface area contributed by atoms with Crippen molar-refractivity contribution in [1.29, 1.82) is 5.26 Å².